The lowest BCUT2D eigenvalue weighted by molar-refractivity contribution is -0.134. The van der Waals surface area contributed by atoms with Crippen LogP contribution < -0.4 is 5.32 Å². The molecule has 156 valence electrons. The SMILES string of the molecule is CC1CC(=O)N(CC(F)F)N=C1c1ccc(NC(=O)N2Cc3ccncc3C2)cc1. The van der Waals surface area contributed by atoms with Crippen molar-refractivity contribution in [1.82, 2.24) is 14.9 Å². The Balaban J connectivity index is 1.44. The van der Waals surface area contributed by atoms with Gasteiger partial charge in [0.2, 0.25) is 5.91 Å². The molecule has 3 heterocycles. The summed E-state index contributed by atoms with van der Waals surface area (Å²) in [7, 11) is 0. The lowest BCUT2D eigenvalue weighted by atomic mass is 9.93. The fraction of sp³-hybridized carbons (Fsp3) is 0.333. The zero-order valence-corrected chi connectivity index (χ0v) is 16.4. The zero-order chi connectivity index (χ0) is 21.3. The largest absolute Gasteiger partial charge is 0.322 e. The van der Waals surface area contributed by atoms with Crippen molar-refractivity contribution in [2.24, 2.45) is 11.0 Å². The van der Waals surface area contributed by atoms with Crippen molar-refractivity contribution < 1.29 is 18.4 Å². The molecule has 30 heavy (non-hydrogen) atoms. The van der Waals surface area contributed by atoms with Gasteiger partial charge in [0.25, 0.3) is 6.43 Å². The maximum absolute atomic E-state index is 12.7. The minimum Gasteiger partial charge on any atom is -0.316 e. The third-order valence-electron chi connectivity index (χ3n) is 5.22. The van der Waals surface area contributed by atoms with Gasteiger partial charge in [-0.3, -0.25) is 9.78 Å². The van der Waals surface area contributed by atoms with E-state index < -0.39 is 18.9 Å². The molecule has 1 atom stereocenters. The lowest BCUT2D eigenvalue weighted by Crippen LogP contribution is -2.38. The van der Waals surface area contributed by atoms with Crippen LogP contribution in [0.25, 0.3) is 0 Å². The first kappa shape index (κ1) is 19.9. The van der Waals surface area contributed by atoms with Gasteiger partial charge in [0.05, 0.1) is 5.71 Å². The van der Waals surface area contributed by atoms with Crippen molar-refractivity contribution in [3.8, 4) is 0 Å². The van der Waals surface area contributed by atoms with Crippen LogP contribution in [0.1, 0.15) is 30.0 Å². The van der Waals surface area contributed by atoms with E-state index in [-0.39, 0.29) is 18.4 Å². The van der Waals surface area contributed by atoms with Gasteiger partial charge in [0.1, 0.15) is 6.54 Å². The summed E-state index contributed by atoms with van der Waals surface area (Å²) in [6.07, 6.45) is 0.974. The number of hydrogen-bond acceptors (Lipinski definition) is 4. The Labute approximate surface area is 172 Å². The molecule has 0 saturated heterocycles. The predicted octanol–water partition coefficient (Wildman–Crippen LogP) is 3.47. The number of rotatable bonds is 4. The van der Waals surface area contributed by atoms with E-state index in [9.17, 15) is 18.4 Å². The average molecular weight is 413 g/mol. The summed E-state index contributed by atoms with van der Waals surface area (Å²) >= 11 is 0. The predicted molar refractivity (Wildman–Crippen MR) is 107 cm³/mol. The second-order valence-corrected chi connectivity index (χ2v) is 7.47. The molecule has 7 nitrogen and oxygen atoms in total. The quantitative estimate of drug-likeness (QED) is 0.834. The summed E-state index contributed by atoms with van der Waals surface area (Å²) in [5, 5.41) is 7.86. The van der Waals surface area contributed by atoms with E-state index in [0.29, 0.717) is 24.5 Å². The highest BCUT2D eigenvalue weighted by molar-refractivity contribution is 6.06. The zero-order valence-electron chi connectivity index (χ0n) is 16.4. The fourth-order valence-corrected chi connectivity index (χ4v) is 3.65. The number of amides is 3. The molecule has 0 fully saturated rings. The number of carbonyl (C=O) groups excluding carboxylic acids is 2. The third kappa shape index (κ3) is 4.14. The van der Waals surface area contributed by atoms with Crippen molar-refractivity contribution in [2.45, 2.75) is 32.9 Å². The molecule has 1 aromatic carbocycles. The van der Waals surface area contributed by atoms with Gasteiger partial charge in [-0.25, -0.2) is 18.6 Å². The van der Waals surface area contributed by atoms with Gasteiger partial charge in [-0.2, -0.15) is 5.10 Å². The summed E-state index contributed by atoms with van der Waals surface area (Å²) in [6.45, 7) is 2.17. The first-order chi connectivity index (χ1) is 14.4. The smallest absolute Gasteiger partial charge is 0.316 e. The molecule has 1 unspecified atom stereocenters. The Kier molecular flexibility index (Phi) is 5.43. The third-order valence-corrected chi connectivity index (χ3v) is 5.22. The van der Waals surface area contributed by atoms with E-state index >= 15 is 0 Å². The molecular formula is C21H21F2N5O2. The first-order valence-corrected chi connectivity index (χ1v) is 9.66. The summed E-state index contributed by atoms with van der Waals surface area (Å²) in [5.41, 5.74) is 4.04. The normalized spacial score (nSPS) is 18.5. The van der Waals surface area contributed by atoms with Crippen LogP contribution in [0.4, 0.5) is 19.3 Å². The Morgan fingerprint density at radius 1 is 1.20 bits per heavy atom. The molecule has 0 radical (unpaired) electrons. The number of nitrogens with one attached hydrogen (secondary N) is 1. The van der Waals surface area contributed by atoms with Crippen LogP contribution in [-0.4, -0.2) is 45.5 Å². The molecule has 2 aromatic rings. The Morgan fingerprint density at radius 3 is 2.63 bits per heavy atom. The molecule has 3 amide bonds. The second-order valence-electron chi connectivity index (χ2n) is 7.47. The number of alkyl halides is 2. The number of hydrogen-bond donors (Lipinski definition) is 1. The van der Waals surface area contributed by atoms with Gasteiger partial charge in [-0.1, -0.05) is 19.1 Å². The van der Waals surface area contributed by atoms with Crippen LogP contribution in [0.5, 0.6) is 0 Å². The van der Waals surface area contributed by atoms with Crippen molar-refractivity contribution in [3.63, 3.8) is 0 Å². The minimum atomic E-state index is -2.64. The van der Waals surface area contributed by atoms with Gasteiger partial charge in [-0.05, 0) is 34.9 Å². The molecule has 0 spiro atoms. The second kappa shape index (κ2) is 8.17. The monoisotopic (exact) mass is 413 g/mol. The van der Waals surface area contributed by atoms with E-state index in [2.05, 4.69) is 15.4 Å². The molecule has 9 heteroatoms. The highest BCUT2D eigenvalue weighted by Crippen LogP contribution is 2.24. The standard InChI is InChI=1S/C21H21F2N5O2/c1-13-8-19(29)28(12-18(22)23)26-20(13)14-2-4-17(5-3-14)25-21(30)27-10-15-6-7-24-9-16(15)11-27/h2-7,9,13,18H,8,10-12H2,1H3,(H,25,30). The molecule has 2 aliphatic rings. The molecule has 0 bridgehead atoms. The number of urea groups is 1. The summed E-state index contributed by atoms with van der Waals surface area (Å²) in [5.74, 6) is -0.583. The maximum atomic E-state index is 12.7. The summed E-state index contributed by atoms with van der Waals surface area (Å²) in [4.78, 5) is 30.3. The number of aromatic nitrogens is 1. The van der Waals surface area contributed by atoms with Crippen LogP contribution in [0, 0.1) is 5.92 Å². The van der Waals surface area contributed by atoms with Crippen LogP contribution in [0.3, 0.4) is 0 Å². The van der Waals surface area contributed by atoms with Gasteiger partial charge in [-0.15, -0.1) is 0 Å². The average Bonchev–Trinajstić information content (AvgIpc) is 3.15. The lowest BCUT2D eigenvalue weighted by Gasteiger charge is -2.27. The van der Waals surface area contributed by atoms with Crippen molar-refractivity contribution in [2.75, 3.05) is 11.9 Å². The Morgan fingerprint density at radius 2 is 1.93 bits per heavy atom. The number of fused-ring (bicyclic) bond motifs is 1. The number of nitrogens with zero attached hydrogens (tertiary/aromatic N) is 4. The molecule has 1 aromatic heterocycles. The molecule has 2 aliphatic heterocycles. The minimum absolute atomic E-state index is 0.133. The van der Waals surface area contributed by atoms with Crippen molar-refractivity contribution in [1.29, 1.82) is 0 Å². The number of halogens is 2. The topological polar surface area (TPSA) is 77.9 Å². The number of pyridine rings is 1. The number of carbonyl (C=O) groups is 2. The van der Waals surface area contributed by atoms with Gasteiger partial charge in [0.15, 0.2) is 0 Å². The fourth-order valence-electron chi connectivity index (χ4n) is 3.65. The summed E-state index contributed by atoms with van der Waals surface area (Å²) in [6, 6.07) is 8.71. The highest BCUT2D eigenvalue weighted by Gasteiger charge is 2.29. The first-order valence-electron chi connectivity index (χ1n) is 9.66. The molecule has 4 rings (SSSR count). The molecule has 0 saturated carbocycles. The Hall–Kier alpha value is -3.36. The number of anilines is 1. The highest BCUT2D eigenvalue weighted by atomic mass is 19.3. The van der Waals surface area contributed by atoms with E-state index in [0.717, 1.165) is 21.7 Å². The van der Waals surface area contributed by atoms with Crippen LogP contribution in [-0.2, 0) is 17.9 Å². The van der Waals surface area contributed by atoms with Crippen molar-refractivity contribution in [3.05, 3.63) is 59.4 Å². The van der Waals surface area contributed by atoms with Gasteiger partial charge in [0, 0.05) is 43.5 Å². The van der Waals surface area contributed by atoms with Crippen LogP contribution in [0.15, 0.2) is 47.8 Å². The molecule has 0 aliphatic carbocycles. The van der Waals surface area contributed by atoms with Crippen LogP contribution in [0.2, 0.25) is 0 Å². The summed E-state index contributed by atoms with van der Waals surface area (Å²) < 4.78 is 25.4. The van der Waals surface area contributed by atoms with E-state index in [1.54, 1.807) is 41.6 Å². The van der Waals surface area contributed by atoms with Crippen LogP contribution >= 0.6 is 0 Å². The molecular weight excluding hydrogens is 392 g/mol. The van der Waals surface area contributed by atoms with Gasteiger partial charge < -0.3 is 10.2 Å². The van der Waals surface area contributed by atoms with E-state index in [1.165, 1.54) is 0 Å². The Bertz CT molecular complexity index is 968. The van der Waals surface area contributed by atoms with Crippen molar-refractivity contribution >= 4 is 23.3 Å². The molecule has 1 N–H and O–H groups in total. The number of benzene rings is 1. The van der Waals surface area contributed by atoms with E-state index in [1.807, 2.05) is 13.0 Å². The van der Waals surface area contributed by atoms with E-state index in [4.69, 9.17) is 0 Å². The maximum Gasteiger partial charge on any atom is 0.322 e. The van der Waals surface area contributed by atoms with Gasteiger partial charge >= 0.3 is 6.03 Å². The number of hydrazone groups is 1.